The van der Waals surface area contributed by atoms with Crippen LogP contribution in [0.5, 0.6) is 5.75 Å². The molecule has 2 rings (SSSR count). The van der Waals surface area contributed by atoms with Crippen molar-refractivity contribution in [3.63, 3.8) is 0 Å². The third-order valence-corrected chi connectivity index (χ3v) is 6.10. The Labute approximate surface area is 144 Å². The van der Waals surface area contributed by atoms with E-state index in [-0.39, 0.29) is 10.9 Å². The molecular formula is C17H26ClNO3S. The highest BCUT2D eigenvalue weighted by Crippen LogP contribution is 2.31. The minimum atomic E-state index is -3.64. The van der Waals surface area contributed by atoms with Crippen molar-refractivity contribution in [3.8, 4) is 5.75 Å². The topological polar surface area (TPSA) is 55.4 Å². The van der Waals surface area contributed by atoms with Crippen LogP contribution in [0.4, 0.5) is 0 Å². The number of nitrogens with one attached hydrogen (secondary N) is 1. The Morgan fingerprint density at radius 2 is 1.87 bits per heavy atom. The molecule has 1 fully saturated rings. The standard InChI is InChI=1S/C17H26ClNO3S/c1-3-10-22-16-11-13(2)15(18)12-17(16)23(20,21)19-14-8-6-4-5-7-9-14/h11-12,14,19H,3-10H2,1-2H3. The molecule has 0 spiro atoms. The molecule has 0 saturated heterocycles. The third kappa shape index (κ3) is 5.10. The van der Waals surface area contributed by atoms with Gasteiger partial charge in [0, 0.05) is 11.1 Å². The van der Waals surface area contributed by atoms with Crippen LogP contribution in [0, 0.1) is 6.92 Å². The zero-order valence-corrected chi connectivity index (χ0v) is 15.5. The fourth-order valence-corrected chi connectivity index (χ4v) is 4.54. The number of benzene rings is 1. The highest BCUT2D eigenvalue weighted by molar-refractivity contribution is 7.89. The molecule has 0 radical (unpaired) electrons. The monoisotopic (exact) mass is 359 g/mol. The van der Waals surface area contributed by atoms with E-state index in [4.69, 9.17) is 16.3 Å². The molecule has 1 aromatic carbocycles. The molecule has 4 nitrogen and oxygen atoms in total. The van der Waals surface area contributed by atoms with E-state index < -0.39 is 10.0 Å². The molecule has 1 aliphatic carbocycles. The molecule has 23 heavy (non-hydrogen) atoms. The fraction of sp³-hybridized carbons (Fsp3) is 0.647. The Kier molecular flexibility index (Phi) is 6.74. The number of hydrogen-bond donors (Lipinski definition) is 1. The van der Waals surface area contributed by atoms with E-state index in [1.54, 1.807) is 6.07 Å². The van der Waals surface area contributed by atoms with E-state index in [1.165, 1.54) is 18.9 Å². The Balaban J connectivity index is 2.27. The summed E-state index contributed by atoms with van der Waals surface area (Å²) in [6.45, 7) is 4.31. The van der Waals surface area contributed by atoms with Crippen LogP contribution in [-0.2, 0) is 10.0 Å². The molecule has 1 N–H and O–H groups in total. The average Bonchev–Trinajstić information content (AvgIpc) is 2.76. The van der Waals surface area contributed by atoms with Crippen molar-refractivity contribution in [2.75, 3.05) is 6.61 Å². The molecule has 0 aromatic heterocycles. The Hall–Kier alpha value is -0.780. The van der Waals surface area contributed by atoms with Gasteiger partial charge in [0.05, 0.1) is 6.61 Å². The molecule has 0 heterocycles. The SMILES string of the molecule is CCCOc1cc(C)c(Cl)cc1S(=O)(=O)NC1CCCCCC1. The van der Waals surface area contributed by atoms with Crippen molar-refractivity contribution in [1.82, 2.24) is 4.72 Å². The van der Waals surface area contributed by atoms with Crippen LogP contribution in [0.25, 0.3) is 0 Å². The van der Waals surface area contributed by atoms with Gasteiger partial charge in [-0.2, -0.15) is 0 Å². The lowest BCUT2D eigenvalue weighted by Crippen LogP contribution is -2.34. The second-order valence-corrected chi connectivity index (χ2v) is 8.30. The summed E-state index contributed by atoms with van der Waals surface area (Å²) in [6.07, 6.45) is 7.10. The van der Waals surface area contributed by atoms with E-state index in [0.29, 0.717) is 17.4 Å². The van der Waals surface area contributed by atoms with Crippen LogP contribution in [0.3, 0.4) is 0 Å². The zero-order valence-electron chi connectivity index (χ0n) is 13.9. The predicted molar refractivity (Wildman–Crippen MR) is 93.8 cm³/mol. The van der Waals surface area contributed by atoms with Gasteiger partial charge in [0.25, 0.3) is 0 Å². The van der Waals surface area contributed by atoms with Gasteiger partial charge in [-0.05, 0) is 43.9 Å². The van der Waals surface area contributed by atoms with Gasteiger partial charge in [-0.25, -0.2) is 13.1 Å². The number of sulfonamides is 1. The highest BCUT2D eigenvalue weighted by Gasteiger charge is 2.25. The largest absolute Gasteiger partial charge is 0.492 e. The lowest BCUT2D eigenvalue weighted by molar-refractivity contribution is 0.309. The zero-order chi connectivity index (χ0) is 16.9. The number of aryl methyl sites for hydroxylation is 1. The summed E-state index contributed by atoms with van der Waals surface area (Å²) in [4.78, 5) is 0.144. The van der Waals surface area contributed by atoms with Crippen LogP contribution in [0.15, 0.2) is 17.0 Å². The molecule has 0 bridgehead atoms. The van der Waals surface area contributed by atoms with Crippen LogP contribution in [0.2, 0.25) is 5.02 Å². The van der Waals surface area contributed by atoms with Crippen LogP contribution in [0.1, 0.15) is 57.4 Å². The van der Waals surface area contributed by atoms with Crippen LogP contribution in [-0.4, -0.2) is 21.1 Å². The molecule has 0 amide bonds. The van der Waals surface area contributed by atoms with E-state index in [9.17, 15) is 8.42 Å². The summed E-state index contributed by atoms with van der Waals surface area (Å²) in [7, 11) is -3.64. The molecule has 1 aromatic rings. The number of halogens is 1. The normalized spacial score (nSPS) is 17.0. The van der Waals surface area contributed by atoms with Gasteiger partial charge in [0.2, 0.25) is 10.0 Å². The minimum absolute atomic E-state index is 0.00148. The van der Waals surface area contributed by atoms with E-state index >= 15 is 0 Å². The summed E-state index contributed by atoms with van der Waals surface area (Å²) in [5.74, 6) is 0.384. The smallest absolute Gasteiger partial charge is 0.244 e. The number of ether oxygens (including phenoxy) is 1. The lowest BCUT2D eigenvalue weighted by Gasteiger charge is -2.19. The van der Waals surface area contributed by atoms with Crippen molar-refractivity contribution in [2.45, 2.75) is 69.7 Å². The van der Waals surface area contributed by atoms with Crippen LogP contribution >= 0.6 is 11.6 Å². The molecule has 130 valence electrons. The quantitative estimate of drug-likeness (QED) is 0.764. The Bertz CT molecular complexity index is 623. The molecule has 0 unspecified atom stereocenters. The summed E-state index contributed by atoms with van der Waals surface area (Å²) in [5.41, 5.74) is 0.811. The number of rotatable bonds is 6. The van der Waals surface area contributed by atoms with E-state index in [2.05, 4.69) is 4.72 Å². The molecule has 0 aliphatic heterocycles. The summed E-state index contributed by atoms with van der Waals surface area (Å²) >= 11 is 6.15. The minimum Gasteiger partial charge on any atom is -0.492 e. The van der Waals surface area contributed by atoms with Gasteiger partial charge in [-0.3, -0.25) is 0 Å². The van der Waals surface area contributed by atoms with Crippen molar-refractivity contribution in [2.24, 2.45) is 0 Å². The van der Waals surface area contributed by atoms with Gasteiger partial charge in [0.1, 0.15) is 10.6 Å². The second kappa shape index (κ2) is 8.36. The first-order chi connectivity index (χ1) is 10.9. The maximum Gasteiger partial charge on any atom is 0.244 e. The highest BCUT2D eigenvalue weighted by atomic mass is 35.5. The van der Waals surface area contributed by atoms with E-state index in [1.807, 2.05) is 13.8 Å². The van der Waals surface area contributed by atoms with Gasteiger partial charge in [-0.1, -0.05) is 44.2 Å². The molecule has 1 aliphatic rings. The van der Waals surface area contributed by atoms with Crippen molar-refractivity contribution < 1.29 is 13.2 Å². The average molecular weight is 360 g/mol. The first-order valence-corrected chi connectivity index (χ1v) is 10.3. The summed E-state index contributed by atoms with van der Waals surface area (Å²) < 4.78 is 34.1. The van der Waals surface area contributed by atoms with Crippen molar-refractivity contribution in [1.29, 1.82) is 0 Å². The molecular weight excluding hydrogens is 334 g/mol. The second-order valence-electron chi connectivity index (χ2n) is 6.21. The summed E-state index contributed by atoms with van der Waals surface area (Å²) in [6, 6.07) is 3.21. The molecule has 6 heteroatoms. The predicted octanol–water partition coefficient (Wildman–Crippen LogP) is 4.44. The lowest BCUT2D eigenvalue weighted by atomic mass is 10.1. The van der Waals surface area contributed by atoms with Crippen LogP contribution < -0.4 is 9.46 Å². The Morgan fingerprint density at radius 1 is 1.22 bits per heavy atom. The maximum atomic E-state index is 12.8. The van der Waals surface area contributed by atoms with Gasteiger partial charge >= 0.3 is 0 Å². The molecule has 0 atom stereocenters. The van der Waals surface area contributed by atoms with Gasteiger partial charge < -0.3 is 4.74 Å². The first kappa shape index (κ1) is 18.6. The summed E-state index contributed by atoms with van der Waals surface area (Å²) in [5, 5.41) is 0.440. The van der Waals surface area contributed by atoms with Gasteiger partial charge in [0.15, 0.2) is 0 Å². The third-order valence-electron chi connectivity index (χ3n) is 4.15. The Morgan fingerprint density at radius 3 is 2.48 bits per heavy atom. The number of hydrogen-bond acceptors (Lipinski definition) is 3. The van der Waals surface area contributed by atoms with Crippen molar-refractivity contribution >= 4 is 21.6 Å². The fourth-order valence-electron chi connectivity index (χ4n) is 2.85. The maximum absolute atomic E-state index is 12.8. The molecule has 1 saturated carbocycles. The van der Waals surface area contributed by atoms with Crippen molar-refractivity contribution in [3.05, 3.63) is 22.7 Å². The van der Waals surface area contributed by atoms with Gasteiger partial charge in [-0.15, -0.1) is 0 Å². The first-order valence-electron chi connectivity index (χ1n) is 8.39. The van der Waals surface area contributed by atoms with E-state index in [0.717, 1.165) is 37.7 Å².